The summed E-state index contributed by atoms with van der Waals surface area (Å²) in [6, 6.07) is 13.8. The van der Waals surface area contributed by atoms with Crippen LogP contribution in [0, 0.1) is 0 Å². The standard InChI is InChI=1S/C25H32N6O3/c1-32-20-12-9-17(10-13-20)16-26-23-29-24(27-18-7-5-4-6-8-18)31-25(30-23)28-19-11-14-21(33-2)22(15-19)34-3/h9-15,18H,4-8,16H2,1-3H3,(H3,26,27,28,29,30,31). The second-order valence-electron chi connectivity index (χ2n) is 8.18. The second kappa shape index (κ2) is 11.4. The summed E-state index contributed by atoms with van der Waals surface area (Å²) in [5, 5.41) is 10.1. The highest BCUT2D eigenvalue weighted by atomic mass is 16.5. The van der Waals surface area contributed by atoms with Crippen molar-refractivity contribution < 1.29 is 14.2 Å². The van der Waals surface area contributed by atoms with Crippen LogP contribution in [0.15, 0.2) is 42.5 Å². The van der Waals surface area contributed by atoms with Gasteiger partial charge in [-0.05, 0) is 42.7 Å². The summed E-state index contributed by atoms with van der Waals surface area (Å²) in [6.07, 6.45) is 5.98. The van der Waals surface area contributed by atoms with E-state index in [4.69, 9.17) is 14.2 Å². The Morgan fingerprint density at radius 1 is 0.765 bits per heavy atom. The third-order valence-corrected chi connectivity index (χ3v) is 5.82. The maximum Gasteiger partial charge on any atom is 0.233 e. The van der Waals surface area contributed by atoms with Crippen LogP contribution >= 0.6 is 0 Å². The summed E-state index contributed by atoms with van der Waals surface area (Å²) in [4.78, 5) is 13.8. The lowest BCUT2D eigenvalue weighted by molar-refractivity contribution is 0.355. The number of hydrogen-bond donors (Lipinski definition) is 3. The third kappa shape index (κ3) is 6.18. The van der Waals surface area contributed by atoms with Crippen molar-refractivity contribution in [1.82, 2.24) is 15.0 Å². The van der Waals surface area contributed by atoms with Gasteiger partial charge in [-0.25, -0.2) is 0 Å². The van der Waals surface area contributed by atoms with E-state index in [0.29, 0.717) is 41.9 Å². The van der Waals surface area contributed by atoms with E-state index in [0.717, 1.165) is 29.8 Å². The molecule has 9 heteroatoms. The SMILES string of the molecule is COc1ccc(CNc2nc(Nc3ccc(OC)c(OC)c3)nc(NC3CCCCC3)n2)cc1. The van der Waals surface area contributed by atoms with E-state index < -0.39 is 0 Å². The first-order chi connectivity index (χ1) is 16.7. The highest BCUT2D eigenvalue weighted by Gasteiger charge is 2.16. The minimum atomic E-state index is 0.375. The van der Waals surface area contributed by atoms with E-state index in [2.05, 4.69) is 30.9 Å². The molecule has 1 heterocycles. The molecule has 0 aliphatic heterocycles. The van der Waals surface area contributed by atoms with Gasteiger partial charge in [0.1, 0.15) is 5.75 Å². The number of nitrogens with one attached hydrogen (secondary N) is 3. The van der Waals surface area contributed by atoms with Gasteiger partial charge in [-0.2, -0.15) is 15.0 Å². The summed E-state index contributed by atoms with van der Waals surface area (Å²) in [5.41, 5.74) is 1.88. The van der Waals surface area contributed by atoms with E-state index in [9.17, 15) is 0 Å². The van der Waals surface area contributed by atoms with Crippen molar-refractivity contribution in [2.45, 2.75) is 44.7 Å². The third-order valence-electron chi connectivity index (χ3n) is 5.82. The Labute approximate surface area is 200 Å². The summed E-state index contributed by atoms with van der Waals surface area (Å²) < 4.78 is 16.0. The minimum Gasteiger partial charge on any atom is -0.497 e. The van der Waals surface area contributed by atoms with Crippen molar-refractivity contribution >= 4 is 23.5 Å². The topological polar surface area (TPSA) is 102 Å². The fraction of sp³-hybridized carbons (Fsp3) is 0.400. The van der Waals surface area contributed by atoms with E-state index in [1.807, 2.05) is 42.5 Å². The van der Waals surface area contributed by atoms with E-state index in [1.165, 1.54) is 19.3 Å². The molecule has 1 aromatic heterocycles. The number of benzene rings is 2. The van der Waals surface area contributed by atoms with Crippen LogP contribution in [0.1, 0.15) is 37.7 Å². The summed E-state index contributed by atoms with van der Waals surface area (Å²) >= 11 is 0. The molecule has 0 amide bonds. The quantitative estimate of drug-likeness (QED) is 0.382. The number of aromatic nitrogens is 3. The Balaban J connectivity index is 1.54. The Kier molecular flexibility index (Phi) is 7.85. The Morgan fingerprint density at radius 2 is 1.47 bits per heavy atom. The van der Waals surface area contributed by atoms with Crippen molar-refractivity contribution in [2.24, 2.45) is 0 Å². The van der Waals surface area contributed by atoms with Crippen molar-refractivity contribution in [3.05, 3.63) is 48.0 Å². The Morgan fingerprint density at radius 3 is 2.18 bits per heavy atom. The van der Waals surface area contributed by atoms with Crippen LogP contribution in [0.2, 0.25) is 0 Å². The lowest BCUT2D eigenvalue weighted by Crippen LogP contribution is -2.24. The van der Waals surface area contributed by atoms with Gasteiger partial charge in [0.05, 0.1) is 21.3 Å². The van der Waals surface area contributed by atoms with Crippen LogP contribution in [-0.4, -0.2) is 42.3 Å². The first-order valence-corrected chi connectivity index (χ1v) is 11.6. The predicted octanol–water partition coefficient (Wildman–Crippen LogP) is 5.00. The number of rotatable bonds is 10. The molecule has 34 heavy (non-hydrogen) atoms. The summed E-state index contributed by atoms with van der Waals surface area (Å²) in [7, 11) is 4.88. The van der Waals surface area contributed by atoms with Gasteiger partial charge >= 0.3 is 0 Å². The average molecular weight is 465 g/mol. The largest absolute Gasteiger partial charge is 0.497 e. The summed E-state index contributed by atoms with van der Waals surface area (Å²) in [6.45, 7) is 0.576. The van der Waals surface area contributed by atoms with E-state index >= 15 is 0 Å². The molecule has 1 aliphatic carbocycles. The van der Waals surface area contributed by atoms with Gasteiger partial charge in [0.25, 0.3) is 0 Å². The van der Waals surface area contributed by atoms with E-state index in [1.54, 1.807) is 21.3 Å². The van der Waals surface area contributed by atoms with Gasteiger partial charge in [-0.1, -0.05) is 31.4 Å². The molecule has 1 saturated carbocycles. The smallest absolute Gasteiger partial charge is 0.233 e. The molecule has 0 spiro atoms. The first-order valence-electron chi connectivity index (χ1n) is 11.6. The molecule has 0 bridgehead atoms. The molecule has 1 fully saturated rings. The van der Waals surface area contributed by atoms with Crippen LogP contribution in [0.4, 0.5) is 23.5 Å². The molecule has 0 saturated heterocycles. The lowest BCUT2D eigenvalue weighted by atomic mass is 9.96. The zero-order valence-corrected chi connectivity index (χ0v) is 19.9. The average Bonchev–Trinajstić information content (AvgIpc) is 2.88. The highest BCUT2D eigenvalue weighted by molar-refractivity contribution is 5.61. The van der Waals surface area contributed by atoms with Gasteiger partial charge in [0.2, 0.25) is 17.8 Å². The fourth-order valence-corrected chi connectivity index (χ4v) is 3.97. The Bertz CT molecular complexity index is 1070. The molecule has 1 aliphatic rings. The van der Waals surface area contributed by atoms with Gasteiger partial charge in [-0.15, -0.1) is 0 Å². The molecular formula is C25H32N6O3. The van der Waals surface area contributed by atoms with Crippen molar-refractivity contribution in [1.29, 1.82) is 0 Å². The normalized spacial score (nSPS) is 13.7. The molecule has 0 unspecified atom stereocenters. The zero-order chi connectivity index (χ0) is 23.8. The molecule has 2 aromatic carbocycles. The van der Waals surface area contributed by atoms with Crippen LogP contribution in [0.3, 0.4) is 0 Å². The van der Waals surface area contributed by atoms with Crippen molar-refractivity contribution in [2.75, 3.05) is 37.3 Å². The summed E-state index contributed by atoms with van der Waals surface area (Å²) in [5.74, 6) is 3.60. The zero-order valence-electron chi connectivity index (χ0n) is 19.9. The number of hydrogen-bond acceptors (Lipinski definition) is 9. The van der Waals surface area contributed by atoms with Crippen molar-refractivity contribution in [3.63, 3.8) is 0 Å². The number of nitrogens with zero attached hydrogens (tertiary/aromatic N) is 3. The molecule has 3 aromatic rings. The minimum absolute atomic E-state index is 0.375. The molecule has 0 radical (unpaired) electrons. The predicted molar refractivity (Wildman–Crippen MR) is 133 cm³/mol. The van der Waals surface area contributed by atoms with Crippen LogP contribution in [-0.2, 0) is 6.54 Å². The molecule has 4 rings (SSSR count). The van der Waals surface area contributed by atoms with Crippen LogP contribution < -0.4 is 30.2 Å². The number of methoxy groups -OCH3 is 3. The molecule has 3 N–H and O–H groups in total. The first kappa shape index (κ1) is 23.4. The van der Waals surface area contributed by atoms with Crippen molar-refractivity contribution in [3.8, 4) is 17.2 Å². The maximum atomic E-state index is 5.41. The van der Waals surface area contributed by atoms with Gasteiger partial charge < -0.3 is 30.2 Å². The van der Waals surface area contributed by atoms with Crippen LogP contribution in [0.25, 0.3) is 0 Å². The monoisotopic (exact) mass is 464 g/mol. The fourth-order valence-electron chi connectivity index (χ4n) is 3.97. The van der Waals surface area contributed by atoms with Gasteiger partial charge in [-0.3, -0.25) is 0 Å². The highest BCUT2D eigenvalue weighted by Crippen LogP contribution is 2.31. The van der Waals surface area contributed by atoms with Crippen LogP contribution in [0.5, 0.6) is 17.2 Å². The lowest BCUT2D eigenvalue weighted by Gasteiger charge is -2.23. The number of anilines is 4. The molecule has 0 atom stereocenters. The second-order valence-corrected chi connectivity index (χ2v) is 8.18. The molecule has 9 nitrogen and oxygen atoms in total. The van der Waals surface area contributed by atoms with E-state index in [-0.39, 0.29) is 0 Å². The molecular weight excluding hydrogens is 432 g/mol. The molecule has 180 valence electrons. The Hall–Kier alpha value is -3.75. The van der Waals surface area contributed by atoms with Gasteiger partial charge in [0, 0.05) is 24.3 Å². The maximum absolute atomic E-state index is 5.41. The number of ether oxygens (including phenoxy) is 3. The van der Waals surface area contributed by atoms with Gasteiger partial charge in [0.15, 0.2) is 11.5 Å².